The molecule has 1 aromatic heterocycles. The van der Waals surface area contributed by atoms with Crippen LogP contribution in [0, 0.1) is 5.82 Å². The second-order valence-corrected chi connectivity index (χ2v) is 6.45. The Morgan fingerprint density at radius 1 is 1.45 bits per heavy atom. The van der Waals surface area contributed by atoms with Gasteiger partial charge in [-0.15, -0.1) is 11.3 Å². The lowest BCUT2D eigenvalue weighted by Crippen LogP contribution is -2.24. The van der Waals surface area contributed by atoms with Gasteiger partial charge in [-0.3, -0.25) is 4.98 Å². The van der Waals surface area contributed by atoms with Crippen LogP contribution < -0.4 is 4.72 Å². The van der Waals surface area contributed by atoms with Crippen LogP contribution in [0.25, 0.3) is 0 Å². The molecule has 6 nitrogen and oxygen atoms in total. The number of aromatic carboxylic acids is 1. The Morgan fingerprint density at radius 3 is 2.80 bits per heavy atom. The highest BCUT2D eigenvalue weighted by Crippen LogP contribution is 2.17. The van der Waals surface area contributed by atoms with E-state index in [0.29, 0.717) is 4.88 Å². The summed E-state index contributed by atoms with van der Waals surface area (Å²) in [5.41, 5.74) is 1.24. The summed E-state index contributed by atoms with van der Waals surface area (Å²) in [5, 5.41) is 8.80. The Morgan fingerprint density at radius 2 is 2.20 bits per heavy atom. The van der Waals surface area contributed by atoms with Gasteiger partial charge in [0.25, 0.3) is 0 Å². The van der Waals surface area contributed by atoms with Crippen LogP contribution >= 0.6 is 11.3 Å². The minimum absolute atomic E-state index is 0.0380. The molecule has 0 bridgehead atoms. The first-order chi connectivity index (χ1) is 9.40. The Balaban J connectivity index is 2.28. The van der Waals surface area contributed by atoms with Crippen LogP contribution in [0.5, 0.6) is 0 Å². The number of rotatable bonds is 5. The Bertz CT molecular complexity index is 729. The van der Waals surface area contributed by atoms with Crippen molar-refractivity contribution in [3.63, 3.8) is 0 Å². The average molecular weight is 316 g/mol. The van der Waals surface area contributed by atoms with E-state index < -0.39 is 26.7 Å². The Hall–Kier alpha value is -1.84. The van der Waals surface area contributed by atoms with E-state index in [1.807, 2.05) is 0 Å². The van der Waals surface area contributed by atoms with Crippen molar-refractivity contribution in [1.82, 2.24) is 9.71 Å². The molecule has 0 aliphatic heterocycles. The number of thiazole rings is 1. The van der Waals surface area contributed by atoms with E-state index >= 15 is 0 Å². The number of hydrogen-bond acceptors (Lipinski definition) is 5. The molecule has 106 valence electrons. The molecule has 2 rings (SSSR count). The fraction of sp³-hybridized carbons (Fsp3) is 0.0909. The summed E-state index contributed by atoms with van der Waals surface area (Å²) in [6, 6.07) is 2.59. The fourth-order valence-electron chi connectivity index (χ4n) is 1.42. The van der Waals surface area contributed by atoms with Crippen LogP contribution in [-0.4, -0.2) is 24.5 Å². The van der Waals surface area contributed by atoms with Crippen molar-refractivity contribution in [3.8, 4) is 0 Å². The van der Waals surface area contributed by atoms with Crippen molar-refractivity contribution < 1.29 is 22.7 Å². The molecule has 0 atom stereocenters. The zero-order valence-corrected chi connectivity index (χ0v) is 11.5. The molecule has 0 aliphatic rings. The van der Waals surface area contributed by atoms with Crippen molar-refractivity contribution in [2.24, 2.45) is 0 Å². The van der Waals surface area contributed by atoms with E-state index in [4.69, 9.17) is 5.11 Å². The van der Waals surface area contributed by atoms with Crippen molar-refractivity contribution >= 4 is 27.3 Å². The van der Waals surface area contributed by atoms with Gasteiger partial charge in [0.05, 0.1) is 11.1 Å². The Labute approximate surface area is 118 Å². The third-order valence-electron chi connectivity index (χ3n) is 2.39. The van der Waals surface area contributed by atoms with Crippen LogP contribution in [0.3, 0.4) is 0 Å². The minimum Gasteiger partial charge on any atom is -0.478 e. The molecule has 1 heterocycles. The van der Waals surface area contributed by atoms with Gasteiger partial charge in [0.2, 0.25) is 10.0 Å². The summed E-state index contributed by atoms with van der Waals surface area (Å²) in [6.45, 7) is -0.0380. The van der Waals surface area contributed by atoms with E-state index in [-0.39, 0.29) is 12.1 Å². The number of sulfonamides is 1. The molecule has 2 N–H and O–H groups in total. The summed E-state index contributed by atoms with van der Waals surface area (Å²) < 4.78 is 39.7. The maximum absolute atomic E-state index is 13.6. The van der Waals surface area contributed by atoms with E-state index in [0.717, 1.165) is 18.2 Å². The molecule has 0 radical (unpaired) electrons. The quantitative estimate of drug-likeness (QED) is 0.870. The van der Waals surface area contributed by atoms with Gasteiger partial charge in [0.1, 0.15) is 10.7 Å². The maximum atomic E-state index is 13.6. The third-order valence-corrected chi connectivity index (χ3v) is 4.58. The summed E-state index contributed by atoms with van der Waals surface area (Å²) in [7, 11) is -4.13. The van der Waals surface area contributed by atoms with Crippen molar-refractivity contribution in [2.45, 2.75) is 11.4 Å². The molecule has 0 unspecified atom stereocenters. The largest absolute Gasteiger partial charge is 0.478 e. The molecular formula is C11H9FN2O4S2. The number of carboxylic acid groups (broad SMARTS) is 1. The van der Waals surface area contributed by atoms with Gasteiger partial charge >= 0.3 is 5.97 Å². The van der Waals surface area contributed by atoms with E-state index in [9.17, 15) is 17.6 Å². The summed E-state index contributed by atoms with van der Waals surface area (Å²) in [6.07, 6.45) is 1.48. The van der Waals surface area contributed by atoms with Gasteiger partial charge in [-0.2, -0.15) is 0 Å². The highest BCUT2D eigenvalue weighted by molar-refractivity contribution is 7.89. The van der Waals surface area contributed by atoms with Gasteiger partial charge < -0.3 is 5.11 Å². The summed E-state index contributed by atoms with van der Waals surface area (Å²) in [4.78, 5) is 14.5. The Kier molecular flexibility index (Phi) is 4.12. The standard InChI is InChI=1S/C11H9FN2O4S2/c12-9-2-1-7(11(15)16)3-10(9)20(17,18)14-5-8-4-13-6-19-8/h1-4,6,14H,5H2,(H,15,16). The zero-order valence-electron chi connectivity index (χ0n) is 9.91. The van der Waals surface area contributed by atoms with Crippen LogP contribution in [-0.2, 0) is 16.6 Å². The van der Waals surface area contributed by atoms with Gasteiger partial charge in [-0.05, 0) is 18.2 Å². The predicted molar refractivity (Wildman–Crippen MR) is 69.5 cm³/mol. The molecule has 0 saturated heterocycles. The number of halogens is 1. The van der Waals surface area contributed by atoms with Gasteiger partial charge in [-0.25, -0.2) is 22.3 Å². The number of hydrogen-bond donors (Lipinski definition) is 2. The van der Waals surface area contributed by atoms with Gasteiger partial charge in [0, 0.05) is 17.6 Å². The van der Waals surface area contributed by atoms with Crippen molar-refractivity contribution in [3.05, 3.63) is 46.2 Å². The number of nitrogens with one attached hydrogen (secondary N) is 1. The van der Waals surface area contributed by atoms with Crippen molar-refractivity contribution in [2.75, 3.05) is 0 Å². The predicted octanol–water partition coefficient (Wildman–Crippen LogP) is 1.46. The average Bonchev–Trinajstić information content (AvgIpc) is 2.89. The highest BCUT2D eigenvalue weighted by atomic mass is 32.2. The van der Waals surface area contributed by atoms with Gasteiger partial charge in [0.15, 0.2) is 0 Å². The van der Waals surface area contributed by atoms with Crippen LogP contribution in [0.2, 0.25) is 0 Å². The monoisotopic (exact) mass is 316 g/mol. The molecular weight excluding hydrogens is 307 g/mol. The molecule has 20 heavy (non-hydrogen) atoms. The third kappa shape index (κ3) is 3.18. The highest BCUT2D eigenvalue weighted by Gasteiger charge is 2.21. The van der Waals surface area contributed by atoms with E-state index in [2.05, 4.69) is 9.71 Å². The van der Waals surface area contributed by atoms with Crippen LogP contribution in [0.15, 0.2) is 34.8 Å². The van der Waals surface area contributed by atoms with Crippen molar-refractivity contribution in [1.29, 1.82) is 0 Å². The first kappa shape index (κ1) is 14.6. The lowest BCUT2D eigenvalue weighted by molar-refractivity contribution is 0.0696. The molecule has 1 aromatic carbocycles. The molecule has 2 aromatic rings. The second kappa shape index (κ2) is 5.65. The molecule has 0 amide bonds. The lowest BCUT2D eigenvalue weighted by atomic mass is 10.2. The first-order valence-corrected chi connectivity index (χ1v) is 7.66. The molecule has 0 aliphatic carbocycles. The number of nitrogens with zero attached hydrogens (tertiary/aromatic N) is 1. The lowest BCUT2D eigenvalue weighted by Gasteiger charge is -2.07. The SMILES string of the molecule is O=C(O)c1ccc(F)c(S(=O)(=O)NCc2cncs2)c1. The van der Waals surface area contributed by atoms with E-state index in [1.54, 1.807) is 0 Å². The number of benzene rings is 1. The second-order valence-electron chi connectivity index (χ2n) is 3.74. The fourth-order valence-corrected chi connectivity index (χ4v) is 3.15. The summed E-state index contributed by atoms with van der Waals surface area (Å²) >= 11 is 1.25. The van der Waals surface area contributed by atoms with Crippen LogP contribution in [0.4, 0.5) is 4.39 Å². The van der Waals surface area contributed by atoms with E-state index in [1.165, 1.54) is 23.0 Å². The maximum Gasteiger partial charge on any atom is 0.335 e. The molecule has 0 fully saturated rings. The first-order valence-electron chi connectivity index (χ1n) is 5.30. The summed E-state index contributed by atoms with van der Waals surface area (Å²) in [5.74, 6) is -2.34. The minimum atomic E-state index is -4.13. The molecule has 0 saturated carbocycles. The van der Waals surface area contributed by atoms with Crippen LogP contribution in [0.1, 0.15) is 15.2 Å². The number of aromatic nitrogens is 1. The number of carbonyl (C=O) groups is 1. The smallest absolute Gasteiger partial charge is 0.335 e. The van der Waals surface area contributed by atoms with Gasteiger partial charge in [-0.1, -0.05) is 0 Å². The topological polar surface area (TPSA) is 96.4 Å². The molecule has 0 spiro atoms. The zero-order chi connectivity index (χ0) is 14.8. The normalized spacial score (nSPS) is 11.4. The number of carboxylic acids is 1. The molecule has 9 heteroatoms.